The fourth-order valence-electron chi connectivity index (χ4n) is 4.97. The van der Waals surface area contributed by atoms with Crippen LogP contribution in [0.25, 0.3) is 6.08 Å². The molecule has 46 heavy (non-hydrogen) atoms. The van der Waals surface area contributed by atoms with Crippen LogP contribution < -0.4 is 24.4 Å². The maximum Gasteiger partial charge on any atom is 0.338 e. The Bertz CT molecular complexity index is 2000. The number of halogens is 2. The molecular formula is C34H30FIN2O7S. The number of carbonyl (C=O) groups is 2. The number of fused-ring (bicyclic) bond motifs is 1. The smallest absolute Gasteiger partial charge is 0.338 e. The van der Waals surface area contributed by atoms with Crippen molar-refractivity contribution in [3.05, 3.63) is 123 Å². The normalized spacial score (nSPS) is 14.4. The Kier molecular flexibility index (Phi) is 10.4. The summed E-state index contributed by atoms with van der Waals surface area (Å²) < 4.78 is 38.5. The number of ether oxygens (including phenoxy) is 4. The van der Waals surface area contributed by atoms with Crippen molar-refractivity contribution in [2.75, 3.05) is 20.3 Å². The van der Waals surface area contributed by atoms with Gasteiger partial charge in [0.2, 0.25) is 0 Å². The summed E-state index contributed by atoms with van der Waals surface area (Å²) in [5.74, 6) is -0.398. The van der Waals surface area contributed by atoms with Crippen LogP contribution in [0.1, 0.15) is 53.9 Å². The van der Waals surface area contributed by atoms with Gasteiger partial charge in [-0.3, -0.25) is 9.36 Å². The van der Waals surface area contributed by atoms with Crippen molar-refractivity contribution in [2.45, 2.75) is 33.4 Å². The van der Waals surface area contributed by atoms with E-state index < -0.39 is 17.8 Å². The monoisotopic (exact) mass is 756 g/mol. The molecule has 3 aromatic carbocycles. The van der Waals surface area contributed by atoms with E-state index >= 15 is 0 Å². The summed E-state index contributed by atoms with van der Waals surface area (Å²) in [5, 5.41) is 0. The molecule has 0 unspecified atom stereocenters. The molecule has 0 saturated heterocycles. The number of allylic oxidation sites excluding steroid dienone is 1. The van der Waals surface area contributed by atoms with Crippen molar-refractivity contribution in [1.82, 2.24) is 4.57 Å². The summed E-state index contributed by atoms with van der Waals surface area (Å²) in [6, 6.07) is 15.5. The Morgan fingerprint density at radius 3 is 2.35 bits per heavy atom. The fourth-order valence-corrected chi connectivity index (χ4v) is 6.80. The van der Waals surface area contributed by atoms with E-state index in [4.69, 9.17) is 18.9 Å². The number of nitrogens with zero attached hydrogens (tertiary/aromatic N) is 2. The van der Waals surface area contributed by atoms with Crippen molar-refractivity contribution in [1.29, 1.82) is 0 Å². The third-order valence-corrected chi connectivity index (χ3v) is 8.88. The third kappa shape index (κ3) is 6.92. The Balaban J connectivity index is 1.49. The largest absolute Gasteiger partial charge is 0.493 e. The molecule has 2 heterocycles. The standard InChI is InChI=1S/C34H30FIN2O7S/c1-5-43-32(40)23-9-7-20(8-10-23)18-45-30-25(36)15-21(16-26(30)42-4)17-27-31(39)38-29(22-11-13-24(35)14-12-22)28(33(41)44-6-2)19(3)37-34(38)46-27/h7-17,29H,5-6,18H2,1-4H3/b27-17-/t29-/m0/s1. The first-order valence-electron chi connectivity index (χ1n) is 14.4. The maximum absolute atomic E-state index is 13.9. The van der Waals surface area contributed by atoms with Crippen molar-refractivity contribution in [2.24, 2.45) is 4.99 Å². The molecule has 1 aromatic heterocycles. The van der Waals surface area contributed by atoms with Gasteiger partial charge >= 0.3 is 11.9 Å². The first kappa shape index (κ1) is 33.1. The van der Waals surface area contributed by atoms with Gasteiger partial charge in [-0.1, -0.05) is 35.6 Å². The van der Waals surface area contributed by atoms with Crippen LogP contribution in [0.5, 0.6) is 11.5 Å². The van der Waals surface area contributed by atoms with Crippen LogP contribution in [-0.2, 0) is 20.9 Å². The summed E-state index contributed by atoms with van der Waals surface area (Å²) in [6.45, 7) is 5.84. The summed E-state index contributed by atoms with van der Waals surface area (Å²) in [4.78, 5) is 43.9. The quantitative estimate of drug-likeness (QED) is 0.160. The van der Waals surface area contributed by atoms with Crippen LogP contribution in [0.2, 0.25) is 0 Å². The molecule has 1 aliphatic rings. The van der Waals surface area contributed by atoms with Crippen molar-refractivity contribution in [3.63, 3.8) is 0 Å². The molecule has 1 atom stereocenters. The summed E-state index contributed by atoms with van der Waals surface area (Å²) in [6.07, 6.45) is 1.73. The third-order valence-electron chi connectivity index (χ3n) is 7.10. The number of carbonyl (C=O) groups excluding carboxylic acids is 2. The van der Waals surface area contributed by atoms with E-state index in [9.17, 15) is 18.8 Å². The predicted octanol–water partition coefficient (Wildman–Crippen LogP) is 5.31. The van der Waals surface area contributed by atoms with Gasteiger partial charge in [0.15, 0.2) is 16.3 Å². The average molecular weight is 757 g/mol. The van der Waals surface area contributed by atoms with Gasteiger partial charge in [-0.05, 0) is 103 Å². The zero-order valence-corrected chi connectivity index (χ0v) is 28.4. The van der Waals surface area contributed by atoms with Gasteiger partial charge in [-0.2, -0.15) is 0 Å². The van der Waals surface area contributed by atoms with E-state index in [0.717, 1.165) is 9.13 Å². The lowest BCUT2D eigenvalue weighted by Crippen LogP contribution is -2.39. The number of methoxy groups -OCH3 is 1. The lowest BCUT2D eigenvalue weighted by atomic mass is 9.96. The molecule has 12 heteroatoms. The molecule has 0 radical (unpaired) electrons. The highest BCUT2D eigenvalue weighted by atomic mass is 127. The summed E-state index contributed by atoms with van der Waals surface area (Å²) in [7, 11) is 1.53. The lowest BCUT2D eigenvalue weighted by Gasteiger charge is -2.24. The summed E-state index contributed by atoms with van der Waals surface area (Å²) >= 11 is 3.34. The minimum Gasteiger partial charge on any atom is -0.493 e. The zero-order chi connectivity index (χ0) is 33.0. The predicted molar refractivity (Wildman–Crippen MR) is 179 cm³/mol. The summed E-state index contributed by atoms with van der Waals surface area (Å²) in [5.41, 5.74) is 2.85. The number of thiazole rings is 1. The van der Waals surface area contributed by atoms with E-state index in [1.54, 1.807) is 69.3 Å². The fraction of sp³-hybridized carbons (Fsp3) is 0.235. The number of aromatic nitrogens is 1. The maximum atomic E-state index is 13.9. The Morgan fingerprint density at radius 2 is 1.70 bits per heavy atom. The van der Waals surface area contributed by atoms with Crippen LogP contribution in [0, 0.1) is 9.39 Å². The first-order valence-corrected chi connectivity index (χ1v) is 16.3. The van der Waals surface area contributed by atoms with Gasteiger partial charge in [0, 0.05) is 0 Å². The van der Waals surface area contributed by atoms with Gasteiger partial charge < -0.3 is 18.9 Å². The molecule has 5 rings (SSSR count). The Labute approximate surface area is 281 Å². The van der Waals surface area contributed by atoms with E-state index in [2.05, 4.69) is 27.6 Å². The lowest BCUT2D eigenvalue weighted by molar-refractivity contribution is -0.139. The molecule has 4 aromatic rings. The Hall–Kier alpha value is -4.30. The van der Waals surface area contributed by atoms with E-state index in [-0.39, 0.29) is 30.3 Å². The Morgan fingerprint density at radius 1 is 1.02 bits per heavy atom. The minimum absolute atomic E-state index is 0.151. The molecular weight excluding hydrogens is 726 g/mol. The first-order chi connectivity index (χ1) is 22.1. The second-order valence-corrected chi connectivity index (χ2v) is 12.3. The van der Waals surface area contributed by atoms with Gasteiger partial charge in [0.05, 0.1) is 51.3 Å². The molecule has 0 aliphatic carbocycles. The van der Waals surface area contributed by atoms with Crippen LogP contribution in [-0.4, -0.2) is 36.8 Å². The zero-order valence-electron chi connectivity index (χ0n) is 25.5. The molecule has 0 N–H and O–H groups in total. The highest BCUT2D eigenvalue weighted by Crippen LogP contribution is 2.35. The van der Waals surface area contributed by atoms with Crippen LogP contribution in [0.3, 0.4) is 0 Å². The second kappa shape index (κ2) is 14.4. The van der Waals surface area contributed by atoms with Gasteiger partial charge in [0.25, 0.3) is 5.56 Å². The SMILES string of the molecule is CCOC(=O)C1=C(C)N=c2s/c(=C\c3cc(I)c(OCc4ccc(C(=O)OCC)cc4)c(OC)c3)c(=O)n2[C@H]1c1ccc(F)cc1. The van der Waals surface area contributed by atoms with Crippen LogP contribution in [0.15, 0.2) is 81.7 Å². The molecule has 238 valence electrons. The highest BCUT2D eigenvalue weighted by Gasteiger charge is 2.33. The molecule has 0 amide bonds. The van der Waals surface area contributed by atoms with Crippen LogP contribution >= 0.6 is 33.9 Å². The number of benzene rings is 3. The number of esters is 2. The van der Waals surface area contributed by atoms with Gasteiger partial charge in [0.1, 0.15) is 12.4 Å². The van der Waals surface area contributed by atoms with E-state index in [1.165, 1.54) is 35.1 Å². The molecule has 0 saturated carbocycles. The average Bonchev–Trinajstić information content (AvgIpc) is 3.34. The highest BCUT2D eigenvalue weighted by molar-refractivity contribution is 14.1. The molecule has 9 nitrogen and oxygen atoms in total. The van der Waals surface area contributed by atoms with Crippen molar-refractivity contribution in [3.8, 4) is 11.5 Å². The number of hydrogen-bond acceptors (Lipinski definition) is 9. The van der Waals surface area contributed by atoms with Gasteiger partial charge in [-0.15, -0.1) is 0 Å². The number of hydrogen-bond donors (Lipinski definition) is 0. The van der Waals surface area contributed by atoms with Crippen molar-refractivity contribution < 1.29 is 32.9 Å². The topological polar surface area (TPSA) is 105 Å². The van der Waals surface area contributed by atoms with Crippen molar-refractivity contribution >= 4 is 51.9 Å². The van der Waals surface area contributed by atoms with Crippen LogP contribution in [0.4, 0.5) is 4.39 Å². The molecule has 0 bridgehead atoms. The minimum atomic E-state index is -0.838. The van der Waals surface area contributed by atoms with E-state index in [0.29, 0.717) is 49.8 Å². The van der Waals surface area contributed by atoms with Gasteiger partial charge in [-0.25, -0.2) is 19.0 Å². The number of rotatable bonds is 10. The van der Waals surface area contributed by atoms with E-state index in [1.807, 2.05) is 6.07 Å². The second-order valence-electron chi connectivity index (χ2n) is 10.1. The molecule has 1 aliphatic heterocycles. The molecule has 0 fully saturated rings. The molecule has 0 spiro atoms.